The van der Waals surface area contributed by atoms with Gasteiger partial charge in [0, 0.05) is 16.6 Å². The molecule has 0 spiro atoms. The summed E-state index contributed by atoms with van der Waals surface area (Å²) in [6, 6.07) is 24.9. The Hall–Kier alpha value is -3.40. The predicted molar refractivity (Wildman–Crippen MR) is 96.4 cm³/mol. The molecule has 1 heterocycles. The Morgan fingerprint density at radius 3 is 2.17 bits per heavy atom. The first-order valence-corrected chi connectivity index (χ1v) is 7.68. The molecule has 0 saturated heterocycles. The van der Waals surface area contributed by atoms with Crippen LogP contribution in [0.4, 0.5) is 11.5 Å². The van der Waals surface area contributed by atoms with Gasteiger partial charge in [0.25, 0.3) is 0 Å². The lowest BCUT2D eigenvalue weighted by Crippen LogP contribution is -1.99. The van der Waals surface area contributed by atoms with Gasteiger partial charge in [0.1, 0.15) is 17.1 Å². The Balaban J connectivity index is 1.92. The summed E-state index contributed by atoms with van der Waals surface area (Å²) in [5, 5.41) is 14.3. The van der Waals surface area contributed by atoms with Gasteiger partial charge in [-0.05, 0) is 24.3 Å². The third kappa shape index (κ3) is 2.65. The first-order chi connectivity index (χ1) is 11.8. The molecule has 116 valence electrons. The molecule has 3 aromatic carbocycles. The number of benzene rings is 3. The van der Waals surface area contributed by atoms with Gasteiger partial charge in [0.2, 0.25) is 0 Å². The molecule has 4 heteroatoms. The highest BCUT2D eigenvalue weighted by molar-refractivity contribution is 5.95. The number of hydrogen-bond donors (Lipinski definition) is 2. The molecule has 0 aliphatic rings. The summed E-state index contributed by atoms with van der Waals surface area (Å²) in [7, 11) is 0. The first-order valence-electron chi connectivity index (χ1n) is 7.68. The van der Waals surface area contributed by atoms with Crippen LogP contribution < -0.4 is 5.32 Å². The second-order valence-corrected chi connectivity index (χ2v) is 5.43. The van der Waals surface area contributed by atoms with Crippen molar-refractivity contribution in [2.24, 2.45) is 0 Å². The molecule has 24 heavy (non-hydrogen) atoms. The minimum atomic E-state index is 0.142. The zero-order valence-corrected chi connectivity index (χ0v) is 12.8. The zero-order valence-electron chi connectivity index (χ0n) is 12.8. The maximum Gasteiger partial charge on any atom is 0.162 e. The molecular weight excluding hydrogens is 298 g/mol. The van der Waals surface area contributed by atoms with E-state index in [9.17, 15) is 5.11 Å². The van der Waals surface area contributed by atoms with E-state index in [0.717, 1.165) is 16.6 Å². The number of aromatic nitrogens is 2. The van der Waals surface area contributed by atoms with E-state index in [4.69, 9.17) is 0 Å². The highest BCUT2D eigenvalue weighted by atomic mass is 16.3. The number of fused-ring (bicyclic) bond motifs is 1. The summed E-state index contributed by atoms with van der Waals surface area (Å²) >= 11 is 0. The van der Waals surface area contributed by atoms with Gasteiger partial charge in [-0.2, -0.15) is 0 Å². The summed E-state index contributed by atoms with van der Waals surface area (Å²) in [6.45, 7) is 0. The number of nitrogens with one attached hydrogen (secondary N) is 1. The van der Waals surface area contributed by atoms with E-state index in [0.29, 0.717) is 17.2 Å². The third-order valence-electron chi connectivity index (χ3n) is 3.77. The van der Waals surface area contributed by atoms with Crippen LogP contribution in [0.5, 0.6) is 5.75 Å². The molecule has 1 aromatic heterocycles. The van der Waals surface area contributed by atoms with Crippen LogP contribution in [0.15, 0.2) is 78.9 Å². The van der Waals surface area contributed by atoms with Crippen LogP contribution in [0.1, 0.15) is 0 Å². The standard InChI is InChI=1S/C20H15N3O/c24-17-13-7-12-16-18(17)22-19(14-8-3-1-4-9-14)23-20(16)21-15-10-5-2-6-11-15/h1-13,24H,(H,21,22,23). The fourth-order valence-corrected chi connectivity index (χ4v) is 2.61. The second-order valence-electron chi connectivity index (χ2n) is 5.43. The lowest BCUT2D eigenvalue weighted by atomic mass is 10.1. The topological polar surface area (TPSA) is 58.0 Å². The van der Waals surface area contributed by atoms with E-state index in [1.807, 2.05) is 66.7 Å². The van der Waals surface area contributed by atoms with Crippen LogP contribution >= 0.6 is 0 Å². The van der Waals surface area contributed by atoms with Gasteiger partial charge >= 0.3 is 0 Å². The highest BCUT2D eigenvalue weighted by Crippen LogP contribution is 2.31. The maximum absolute atomic E-state index is 10.2. The van der Waals surface area contributed by atoms with Gasteiger partial charge in [-0.3, -0.25) is 0 Å². The summed E-state index contributed by atoms with van der Waals surface area (Å²) < 4.78 is 0. The number of phenols is 1. The number of para-hydroxylation sites is 2. The monoisotopic (exact) mass is 313 g/mol. The SMILES string of the molecule is Oc1cccc2c(Nc3ccccc3)nc(-c3ccccc3)nc12. The van der Waals surface area contributed by atoms with Crippen LogP contribution in [0.3, 0.4) is 0 Å². The van der Waals surface area contributed by atoms with Gasteiger partial charge < -0.3 is 10.4 Å². The van der Waals surface area contributed by atoms with Gasteiger partial charge in [-0.15, -0.1) is 0 Å². The van der Waals surface area contributed by atoms with Crippen molar-refractivity contribution in [1.29, 1.82) is 0 Å². The molecule has 4 rings (SSSR count). The molecule has 4 aromatic rings. The van der Waals surface area contributed by atoms with Gasteiger partial charge in [0.15, 0.2) is 5.82 Å². The Labute approximate surface area is 139 Å². The van der Waals surface area contributed by atoms with Crippen molar-refractivity contribution in [1.82, 2.24) is 9.97 Å². The maximum atomic E-state index is 10.2. The smallest absolute Gasteiger partial charge is 0.162 e. The molecule has 0 fully saturated rings. The molecule has 4 nitrogen and oxygen atoms in total. The Morgan fingerprint density at radius 2 is 1.42 bits per heavy atom. The molecule has 0 aliphatic carbocycles. The third-order valence-corrected chi connectivity index (χ3v) is 3.77. The van der Waals surface area contributed by atoms with E-state index < -0.39 is 0 Å². The molecule has 0 aliphatic heterocycles. The van der Waals surface area contributed by atoms with Crippen molar-refractivity contribution >= 4 is 22.4 Å². The van der Waals surface area contributed by atoms with Crippen molar-refractivity contribution in [2.45, 2.75) is 0 Å². The molecule has 0 unspecified atom stereocenters. The number of phenolic OH excluding ortho intramolecular Hbond substituents is 1. The number of hydrogen-bond acceptors (Lipinski definition) is 4. The lowest BCUT2D eigenvalue weighted by molar-refractivity contribution is 0.480. The number of nitrogens with zero attached hydrogens (tertiary/aromatic N) is 2. The van der Waals surface area contributed by atoms with Crippen molar-refractivity contribution < 1.29 is 5.11 Å². The minimum absolute atomic E-state index is 0.142. The Bertz CT molecular complexity index is 986. The van der Waals surface area contributed by atoms with Crippen molar-refractivity contribution in [2.75, 3.05) is 5.32 Å². The molecule has 2 N–H and O–H groups in total. The summed E-state index contributed by atoms with van der Waals surface area (Å²) in [5.41, 5.74) is 2.36. The molecule has 0 radical (unpaired) electrons. The number of aromatic hydroxyl groups is 1. The normalized spacial score (nSPS) is 10.7. The second kappa shape index (κ2) is 6.01. The fourth-order valence-electron chi connectivity index (χ4n) is 2.61. The van der Waals surface area contributed by atoms with E-state index in [1.165, 1.54) is 0 Å². The van der Waals surface area contributed by atoms with Gasteiger partial charge in [-0.25, -0.2) is 9.97 Å². The van der Waals surface area contributed by atoms with Crippen LogP contribution in [0, 0.1) is 0 Å². The van der Waals surface area contributed by atoms with Crippen LogP contribution in [0.2, 0.25) is 0 Å². The van der Waals surface area contributed by atoms with E-state index in [2.05, 4.69) is 15.3 Å². The summed E-state index contributed by atoms with van der Waals surface area (Å²) in [6.07, 6.45) is 0. The summed E-state index contributed by atoms with van der Waals surface area (Å²) in [5.74, 6) is 1.38. The molecule has 0 bridgehead atoms. The van der Waals surface area contributed by atoms with Crippen molar-refractivity contribution in [3.8, 4) is 17.1 Å². The Kier molecular flexibility index (Phi) is 3.56. The van der Waals surface area contributed by atoms with Crippen LogP contribution in [0.25, 0.3) is 22.3 Å². The molecular formula is C20H15N3O. The minimum Gasteiger partial charge on any atom is -0.506 e. The van der Waals surface area contributed by atoms with Crippen LogP contribution in [-0.4, -0.2) is 15.1 Å². The van der Waals surface area contributed by atoms with E-state index >= 15 is 0 Å². The van der Waals surface area contributed by atoms with E-state index in [1.54, 1.807) is 12.1 Å². The van der Waals surface area contributed by atoms with E-state index in [-0.39, 0.29) is 5.75 Å². The Morgan fingerprint density at radius 1 is 0.708 bits per heavy atom. The average Bonchev–Trinajstić information content (AvgIpc) is 2.64. The molecule has 0 saturated carbocycles. The quantitative estimate of drug-likeness (QED) is 0.573. The zero-order chi connectivity index (χ0) is 16.4. The largest absolute Gasteiger partial charge is 0.506 e. The fraction of sp³-hybridized carbons (Fsp3) is 0. The number of anilines is 2. The van der Waals surface area contributed by atoms with Crippen molar-refractivity contribution in [3.63, 3.8) is 0 Å². The summed E-state index contributed by atoms with van der Waals surface area (Å²) in [4.78, 5) is 9.22. The first kappa shape index (κ1) is 14.2. The van der Waals surface area contributed by atoms with Crippen molar-refractivity contribution in [3.05, 3.63) is 78.9 Å². The molecule has 0 amide bonds. The molecule has 0 atom stereocenters. The average molecular weight is 313 g/mol. The van der Waals surface area contributed by atoms with Crippen LogP contribution in [-0.2, 0) is 0 Å². The number of rotatable bonds is 3. The van der Waals surface area contributed by atoms with Gasteiger partial charge in [-0.1, -0.05) is 54.6 Å². The lowest BCUT2D eigenvalue weighted by Gasteiger charge is -2.11. The predicted octanol–water partition coefficient (Wildman–Crippen LogP) is 4.75. The van der Waals surface area contributed by atoms with Gasteiger partial charge in [0.05, 0.1) is 0 Å². The highest BCUT2D eigenvalue weighted by Gasteiger charge is 2.12.